The van der Waals surface area contributed by atoms with Gasteiger partial charge in [0.1, 0.15) is 0 Å². The predicted octanol–water partition coefficient (Wildman–Crippen LogP) is 3.72. The van der Waals surface area contributed by atoms with Gasteiger partial charge >= 0.3 is 0 Å². The van der Waals surface area contributed by atoms with E-state index in [0.717, 1.165) is 6.42 Å². The Hall–Kier alpha value is -2.92. The SMILES string of the molecule is O=C(CCn1cccn1)N1CCOC(CC(c2ccccc2)c2ccccc2)C1. The molecule has 0 spiro atoms. The number of carbonyl (C=O) groups is 1. The summed E-state index contributed by atoms with van der Waals surface area (Å²) in [4.78, 5) is 14.6. The van der Waals surface area contributed by atoms with Crippen LogP contribution in [-0.2, 0) is 16.1 Å². The summed E-state index contributed by atoms with van der Waals surface area (Å²) in [6.45, 7) is 2.52. The quantitative estimate of drug-likeness (QED) is 0.619. The smallest absolute Gasteiger partial charge is 0.224 e. The minimum atomic E-state index is 0.0304. The average molecular weight is 389 g/mol. The number of morpholine rings is 1. The second-order valence-corrected chi connectivity index (χ2v) is 7.46. The van der Waals surface area contributed by atoms with Crippen molar-refractivity contribution >= 4 is 5.91 Å². The van der Waals surface area contributed by atoms with Gasteiger partial charge < -0.3 is 9.64 Å². The second-order valence-electron chi connectivity index (χ2n) is 7.46. The zero-order chi connectivity index (χ0) is 19.9. The molecular weight excluding hydrogens is 362 g/mol. The van der Waals surface area contributed by atoms with Crippen LogP contribution in [-0.4, -0.2) is 46.4 Å². The Kier molecular flexibility index (Phi) is 6.37. The lowest BCUT2D eigenvalue weighted by atomic mass is 9.86. The van der Waals surface area contributed by atoms with Gasteiger partial charge in [-0.1, -0.05) is 60.7 Å². The number of rotatable bonds is 7. The van der Waals surface area contributed by atoms with Gasteiger partial charge in [0.2, 0.25) is 5.91 Å². The third-order valence-corrected chi connectivity index (χ3v) is 5.51. The summed E-state index contributed by atoms with van der Waals surface area (Å²) in [7, 11) is 0. The van der Waals surface area contributed by atoms with Crippen molar-refractivity contribution in [1.82, 2.24) is 14.7 Å². The molecule has 1 amide bonds. The van der Waals surface area contributed by atoms with Gasteiger partial charge in [-0.15, -0.1) is 0 Å². The molecule has 0 radical (unpaired) electrons. The third-order valence-electron chi connectivity index (χ3n) is 5.51. The van der Waals surface area contributed by atoms with Gasteiger partial charge in [0.05, 0.1) is 12.7 Å². The number of aryl methyl sites for hydroxylation is 1. The molecule has 3 aromatic rings. The first kappa shape index (κ1) is 19.4. The summed E-state index contributed by atoms with van der Waals surface area (Å²) in [5.74, 6) is 0.422. The molecule has 0 N–H and O–H groups in total. The molecule has 1 unspecified atom stereocenters. The number of nitrogens with zero attached hydrogens (tertiary/aromatic N) is 3. The largest absolute Gasteiger partial charge is 0.375 e. The summed E-state index contributed by atoms with van der Waals surface area (Å²) < 4.78 is 7.87. The molecule has 5 nitrogen and oxygen atoms in total. The Morgan fingerprint density at radius 2 is 1.72 bits per heavy atom. The first-order valence-electron chi connectivity index (χ1n) is 10.3. The Balaban J connectivity index is 1.42. The van der Waals surface area contributed by atoms with Gasteiger partial charge in [0.15, 0.2) is 0 Å². The van der Waals surface area contributed by atoms with Crippen molar-refractivity contribution in [3.05, 3.63) is 90.3 Å². The fourth-order valence-corrected chi connectivity index (χ4v) is 3.99. The molecule has 5 heteroatoms. The Bertz CT molecular complexity index is 842. The van der Waals surface area contributed by atoms with E-state index in [1.807, 2.05) is 29.3 Å². The van der Waals surface area contributed by atoms with Crippen LogP contribution in [0.4, 0.5) is 0 Å². The van der Waals surface area contributed by atoms with Crippen LogP contribution < -0.4 is 0 Å². The highest BCUT2D eigenvalue weighted by Crippen LogP contribution is 2.30. The first-order valence-corrected chi connectivity index (χ1v) is 10.3. The highest BCUT2D eigenvalue weighted by Gasteiger charge is 2.27. The molecule has 1 fully saturated rings. The highest BCUT2D eigenvalue weighted by molar-refractivity contribution is 5.76. The van der Waals surface area contributed by atoms with Crippen molar-refractivity contribution in [2.75, 3.05) is 19.7 Å². The minimum absolute atomic E-state index is 0.0304. The van der Waals surface area contributed by atoms with E-state index in [4.69, 9.17) is 4.74 Å². The van der Waals surface area contributed by atoms with Crippen LogP contribution >= 0.6 is 0 Å². The molecule has 1 atom stereocenters. The van der Waals surface area contributed by atoms with Crippen molar-refractivity contribution < 1.29 is 9.53 Å². The van der Waals surface area contributed by atoms with Gasteiger partial charge in [-0.05, 0) is 23.6 Å². The van der Waals surface area contributed by atoms with E-state index in [0.29, 0.717) is 32.7 Å². The normalized spacial score (nSPS) is 16.9. The highest BCUT2D eigenvalue weighted by atomic mass is 16.5. The molecular formula is C24H27N3O2. The molecule has 29 heavy (non-hydrogen) atoms. The number of ether oxygens (including phenoxy) is 1. The maximum atomic E-state index is 12.7. The van der Waals surface area contributed by atoms with Crippen molar-refractivity contribution in [1.29, 1.82) is 0 Å². The number of aromatic nitrogens is 2. The van der Waals surface area contributed by atoms with Gasteiger partial charge in [0, 0.05) is 44.4 Å². The maximum Gasteiger partial charge on any atom is 0.224 e. The van der Waals surface area contributed by atoms with E-state index >= 15 is 0 Å². The third kappa shape index (κ3) is 5.12. The van der Waals surface area contributed by atoms with Crippen molar-refractivity contribution in [2.45, 2.75) is 31.4 Å². The van der Waals surface area contributed by atoms with Crippen LogP contribution in [0.3, 0.4) is 0 Å². The molecule has 1 aliphatic heterocycles. The topological polar surface area (TPSA) is 47.4 Å². The number of amides is 1. The zero-order valence-corrected chi connectivity index (χ0v) is 16.6. The molecule has 1 aliphatic rings. The fraction of sp³-hybridized carbons (Fsp3) is 0.333. The van der Waals surface area contributed by atoms with Gasteiger partial charge in [0.25, 0.3) is 0 Å². The van der Waals surface area contributed by atoms with Gasteiger partial charge in [-0.2, -0.15) is 5.10 Å². The summed E-state index contributed by atoms with van der Waals surface area (Å²) in [6, 6.07) is 23.0. The molecule has 0 aliphatic carbocycles. The lowest BCUT2D eigenvalue weighted by Crippen LogP contribution is -2.46. The standard InChI is InChI=1S/C24H27N3O2/c28-24(12-15-27-14-7-13-25-27)26-16-17-29-22(19-26)18-23(20-8-3-1-4-9-20)21-10-5-2-6-11-21/h1-11,13-14,22-23H,12,15-19H2. The van der Waals surface area contributed by atoms with Crippen LogP contribution in [0.2, 0.25) is 0 Å². The molecule has 1 saturated heterocycles. The van der Waals surface area contributed by atoms with E-state index in [-0.39, 0.29) is 17.9 Å². The van der Waals surface area contributed by atoms with Crippen LogP contribution in [0.25, 0.3) is 0 Å². The molecule has 0 saturated carbocycles. The summed E-state index contributed by atoms with van der Waals surface area (Å²) in [6.07, 6.45) is 4.98. The Labute approximate surface area is 171 Å². The molecule has 4 rings (SSSR count). The number of benzene rings is 2. The molecule has 150 valence electrons. The van der Waals surface area contributed by atoms with E-state index in [9.17, 15) is 4.79 Å². The molecule has 2 aromatic carbocycles. The Morgan fingerprint density at radius 1 is 1.03 bits per heavy atom. The Morgan fingerprint density at radius 3 is 2.34 bits per heavy atom. The van der Waals surface area contributed by atoms with Crippen molar-refractivity contribution in [3.63, 3.8) is 0 Å². The summed E-state index contributed by atoms with van der Waals surface area (Å²) in [5.41, 5.74) is 2.56. The van der Waals surface area contributed by atoms with E-state index < -0.39 is 0 Å². The lowest BCUT2D eigenvalue weighted by Gasteiger charge is -2.35. The predicted molar refractivity (Wildman–Crippen MR) is 113 cm³/mol. The maximum absolute atomic E-state index is 12.7. The number of carbonyl (C=O) groups excluding carboxylic acids is 1. The van der Waals surface area contributed by atoms with Crippen LogP contribution in [0, 0.1) is 0 Å². The molecule has 0 bridgehead atoms. The van der Waals surface area contributed by atoms with E-state index in [1.54, 1.807) is 10.9 Å². The molecule has 2 heterocycles. The first-order chi connectivity index (χ1) is 14.3. The fourth-order valence-electron chi connectivity index (χ4n) is 3.99. The lowest BCUT2D eigenvalue weighted by molar-refractivity contribution is -0.139. The number of hydrogen-bond acceptors (Lipinski definition) is 3. The number of hydrogen-bond donors (Lipinski definition) is 0. The van der Waals surface area contributed by atoms with Gasteiger partial charge in [-0.3, -0.25) is 9.48 Å². The van der Waals surface area contributed by atoms with Crippen molar-refractivity contribution in [3.8, 4) is 0 Å². The van der Waals surface area contributed by atoms with Crippen LogP contribution in [0.5, 0.6) is 0 Å². The van der Waals surface area contributed by atoms with Crippen LogP contribution in [0.1, 0.15) is 29.9 Å². The average Bonchev–Trinajstić information content (AvgIpc) is 3.31. The monoisotopic (exact) mass is 389 g/mol. The van der Waals surface area contributed by atoms with E-state index in [2.05, 4.69) is 53.6 Å². The summed E-state index contributed by atoms with van der Waals surface area (Å²) >= 11 is 0. The summed E-state index contributed by atoms with van der Waals surface area (Å²) in [5, 5.41) is 4.18. The van der Waals surface area contributed by atoms with Crippen molar-refractivity contribution in [2.24, 2.45) is 0 Å². The minimum Gasteiger partial charge on any atom is -0.375 e. The second kappa shape index (κ2) is 9.52. The van der Waals surface area contributed by atoms with Gasteiger partial charge in [-0.25, -0.2) is 0 Å². The van der Waals surface area contributed by atoms with Crippen LogP contribution in [0.15, 0.2) is 79.1 Å². The molecule has 1 aromatic heterocycles. The van der Waals surface area contributed by atoms with E-state index in [1.165, 1.54) is 11.1 Å². The zero-order valence-electron chi connectivity index (χ0n) is 16.6.